The van der Waals surface area contributed by atoms with Crippen LogP contribution in [0, 0.1) is 18.8 Å². The zero-order valence-electron chi connectivity index (χ0n) is 11.4. The third-order valence-corrected chi connectivity index (χ3v) is 3.73. The first-order chi connectivity index (χ1) is 8.58. The smallest absolute Gasteiger partial charge is 0.224 e. The lowest BCUT2D eigenvalue weighted by Crippen LogP contribution is -2.43. The second kappa shape index (κ2) is 5.52. The van der Waals surface area contributed by atoms with E-state index in [1.54, 1.807) is 0 Å². The molecule has 1 saturated heterocycles. The molecule has 1 fully saturated rings. The summed E-state index contributed by atoms with van der Waals surface area (Å²) in [5.74, 6) is 0.831. The highest BCUT2D eigenvalue weighted by atomic mass is 16.1. The van der Waals surface area contributed by atoms with E-state index in [0.29, 0.717) is 12.5 Å². The average molecular weight is 250 g/mol. The summed E-state index contributed by atoms with van der Waals surface area (Å²) in [6.45, 7) is 6.58. The molecule has 0 aliphatic carbocycles. The molecule has 2 heterocycles. The fourth-order valence-electron chi connectivity index (χ4n) is 2.40. The van der Waals surface area contributed by atoms with E-state index in [1.807, 2.05) is 24.9 Å². The van der Waals surface area contributed by atoms with Crippen LogP contribution in [-0.4, -0.2) is 28.8 Å². The summed E-state index contributed by atoms with van der Waals surface area (Å²) in [6.07, 6.45) is 2.79. The van der Waals surface area contributed by atoms with Gasteiger partial charge in [-0.2, -0.15) is 5.10 Å². The molecule has 1 aromatic heterocycles. The number of carbonyl (C=O) groups is 1. The normalized spacial score (nSPS) is 23.9. The Hall–Kier alpha value is -1.36. The second-order valence-electron chi connectivity index (χ2n) is 5.29. The third-order valence-electron chi connectivity index (χ3n) is 3.73. The van der Waals surface area contributed by atoms with Crippen molar-refractivity contribution in [3.05, 3.63) is 17.5 Å². The van der Waals surface area contributed by atoms with Gasteiger partial charge in [-0.25, -0.2) is 0 Å². The Morgan fingerprint density at radius 1 is 1.61 bits per heavy atom. The van der Waals surface area contributed by atoms with Gasteiger partial charge in [-0.15, -0.1) is 0 Å². The molecule has 2 unspecified atom stereocenters. The molecule has 5 heteroatoms. The van der Waals surface area contributed by atoms with Gasteiger partial charge in [-0.1, -0.05) is 6.92 Å². The molecule has 18 heavy (non-hydrogen) atoms. The van der Waals surface area contributed by atoms with Crippen molar-refractivity contribution in [3.8, 4) is 0 Å². The van der Waals surface area contributed by atoms with E-state index in [1.165, 1.54) is 0 Å². The van der Waals surface area contributed by atoms with Gasteiger partial charge in [0.15, 0.2) is 0 Å². The van der Waals surface area contributed by atoms with Gasteiger partial charge < -0.3 is 10.6 Å². The lowest BCUT2D eigenvalue weighted by molar-refractivity contribution is -0.126. The van der Waals surface area contributed by atoms with E-state index in [4.69, 9.17) is 0 Å². The first-order valence-corrected chi connectivity index (χ1v) is 6.54. The second-order valence-corrected chi connectivity index (χ2v) is 5.29. The molecule has 5 nitrogen and oxygen atoms in total. The maximum absolute atomic E-state index is 12.1. The van der Waals surface area contributed by atoms with Crippen molar-refractivity contribution in [3.63, 3.8) is 0 Å². The molecular weight excluding hydrogens is 228 g/mol. The lowest BCUT2D eigenvalue weighted by Gasteiger charge is -2.26. The molecular formula is C13H22N4O. The summed E-state index contributed by atoms with van der Waals surface area (Å²) in [6, 6.07) is 0. The van der Waals surface area contributed by atoms with Gasteiger partial charge in [-0.05, 0) is 25.8 Å². The number of aryl methyl sites for hydroxylation is 1. The lowest BCUT2D eigenvalue weighted by atomic mass is 9.91. The maximum atomic E-state index is 12.1. The van der Waals surface area contributed by atoms with E-state index in [9.17, 15) is 4.79 Å². The Balaban J connectivity index is 1.86. The number of piperidine rings is 1. The number of amides is 1. The molecule has 100 valence electrons. The summed E-state index contributed by atoms with van der Waals surface area (Å²) in [7, 11) is 1.91. The molecule has 0 saturated carbocycles. The minimum atomic E-state index is 0.103. The average Bonchev–Trinajstić information content (AvgIpc) is 2.67. The summed E-state index contributed by atoms with van der Waals surface area (Å²) < 4.78 is 1.83. The van der Waals surface area contributed by atoms with Crippen molar-refractivity contribution < 1.29 is 4.79 Å². The number of carbonyl (C=O) groups excluding carboxylic acids is 1. The highest BCUT2D eigenvalue weighted by Gasteiger charge is 2.24. The number of hydrogen-bond donors (Lipinski definition) is 2. The van der Waals surface area contributed by atoms with E-state index in [-0.39, 0.29) is 11.8 Å². The largest absolute Gasteiger partial charge is 0.352 e. The monoisotopic (exact) mass is 250 g/mol. The van der Waals surface area contributed by atoms with Crippen LogP contribution in [0.25, 0.3) is 0 Å². The van der Waals surface area contributed by atoms with Crippen molar-refractivity contribution >= 4 is 5.91 Å². The van der Waals surface area contributed by atoms with Crippen molar-refractivity contribution in [2.45, 2.75) is 26.8 Å². The number of rotatable bonds is 3. The van der Waals surface area contributed by atoms with Crippen LogP contribution in [0.15, 0.2) is 6.20 Å². The van der Waals surface area contributed by atoms with Crippen LogP contribution in [-0.2, 0) is 18.4 Å². The van der Waals surface area contributed by atoms with E-state index in [2.05, 4.69) is 22.7 Å². The predicted octanol–water partition coefficient (Wildman–Crippen LogP) is 0.590. The Bertz CT molecular complexity index is 427. The quantitative estimate of drug-likeness (QED) is 0.825. The molecule has 0 bridgehead atoms. The van der Waals surface area contributed by atoms with Crippen LogP contribution in [0.2, 0.25) is 0 Å². The molecule has 1 aliphatic rings. The van der Waals surface area contributed by atoms with Crippen molar-refractivity contribution in [1.82, 2.24) is 20.4 Å². The van der Waals surface area contributed by atoms with Gasteiger partial charge >= 0.3 is 0 Å². The Morgan fingerprint density at radius 2 is 2.39 bits per heavy atom. The van der Waals surface area contributed by atoms with Crippen LogP contribution in [0.3, 0.4) is 0 Å². The van der Waals surface area contributed by atoms with Crippen LogP contribution in [0.5, 0.6) is 0 Å². The number of aromatic nitrogens is 2. The minimum Gasteiger partial charge on any atom is -0.352 e. The van der Waals surface area contributed by atoms with Crippen molar-refractivity contribution in [1.29, 1.82) is 0 Å². The van der Waals surface area contributed by atoms with Gasteiger partial charge in [0.2, 0.25) is 5.91 Å². The van der Waals surface area contributed by atoms with Gasteiger partial charge in [0.25, 0.3) is 0 Å². The van der Waals surface area contributed by atoms with Gasteiger partial charge in [0.05, 0.1) is 12.1 Å². The molecule has 0 aromatic carbocycles. The van der Waals surface area contributed by atoms with Crippen LogP contribution in [0.4, 0.5) is 0 Å². The molecule has 1 amide bonds. The Labute approximate surface area is 108 Å². The zero-order chi connectivity index (χ0) is 13.1. The van der Waals surface area contributed by atoms with Crippen LogP contribution >= 0.6 is 0 Å². The fourth-order valence-corrected chi connectivity index (χ4v) is 2.40. The highest BCUT2D eigenvalue weighted by molar-refractivity contribution is 5.79. The van der Waals surface area contributed by atoms with E-state index in [0.717, 1.165) is 30.8 Å². The van der Waals surface area contributed by atoms with Crippen molar-refractivity contribution in [2.75, 3.05) is 13.1 Å². The molecule has 0 spiro atoms. The van der Waals surface area contributed by atoms with E-state index >= 15 is 0 Å². The first-order valence-electron chi connectivity index (χ1n) is 6.54. The predicted molar refractivity (Wildman–Crippen MR) is 69.9 cm³/mol. The minimum absolute atomic E-state index is 0.103. The molecule has 1 aromatic rings. The standard InChI is InChI=1S/C13H22N4O/c1-9-4-11(6-14-5-9)13(18)15-7-12-8-16-17(3)10(12)2/h8-9,11,14H,4-7H2,1-3H3,(H,15,18). The molecule has 1 aliphatic heterocycles. The summed E-state index contributed by atoms with van der Waals surface area (Å²) in [5.41, 5.74) is 2.19. The number of nitrogens with zero attached hydrogens (tertiary/aromatic N) is 2. The third kappa shape index (κ3) is 2.90. The van der Waals surface area contributed by atoms with Gasteiger partial charge in [0, 0.05) is 31.4 Å². The number of nitrogens with one attached hydrogen (secondary N) is 2. The molecule has 2 rings (SSSR count). The summed E-state index contributed by atoms with van der Waals surface area (Å²) in [4.78, 5) is 12.1. The molecule has 2 atom stereocenters. The first kappa shape index (κ1) is 13.1. The van der Waals surface area contributed by atoms with Crippen LogP contribution in [0.1, 0.15) is 24.6 Å². The topological polar surface area (TPSA) is 59.0 Å². The molecule has 2 N–H and O–H groups in total. The maximum Gasteiger partial charge on any atom is 0.224 e. The fraction of sp³-hybridized carbons (Fsp3) is 0.692. The van der Waals surface area contributed by atoms with Gasteiger partial charge in [-0.3, -0.25) is 9.48 Å². The Kier molecular flexibility index (Phi) is 4.01. The van der Waals surface area contributed by atoms with Crippen LogP contribution < -0.4 is 10.6 Å². The number of hydrogen-bond acceptors (Lipinski definition) is 3. The Morgan fingerprint density at radius 3 is 3.00 bits per heavy atom. The van der Waals surface area contributed by atoms with E-state index < -0.39 is 0 Å². The summed E-state index contributed by atoms with van der Waals surface area (Å²) >= 11 is 0. The molecule has 0 radical (unpaired) electrons. The van der Waals surface area contributed by atoms with Crippen molar-refractivity contribution in [2.24, 2.45) is 18.9 Å². The zero-order valence-corrected chi connectivity index (χ0v) is 11.4. The summed E-state index contributed by atoms with van der Waals surface area (Å²) in [5, 5.41) is 10.5. The SMILES string of the molecule is Cc1c(CNC(=O)C2CNCC(C)C2)cnn1C. The van der Waals surface area contributed by atoms with Gasteiger partial charge in [0.1, 0.15) is 0 Å². The highest BCUT2D eigenvalue weighted by Crippen LogP contribution is 2.16.